The highest BCUT2D eigenvalue weighted by Crippen LogP contribution is 2.22. The Bertz CT molecular complexity index is 923. The summed E-state index contributed by atoms with van der Waals surface area (Å²) in [4.78, 5) is 11.6. The summed E-state index contributed by atoms with van der Waals surface area (Å²) in [6.07, 6.45) is 0. The summed E-state index contributed by atoms with van der Waals surface area (Å²) < 4.78 is 57.6. The first-order chi connectivity index (χ1) is 12.3. The number of nitrogens with zero attached hydrogens (tertiary/aromatic N) is 3. The second-order valence-corrected chi connectivity index (χ2v) is 7.69. The van der Waals surface area contributed by atoms with E-state index in [0.29, 0.717) is 31.5 Å². The van der Waals surface area contributed by atoms with Crippen LogP contribution in [0.2, 0.25) is 0 Å². The van der Waals surface area contributed by atoms with Crippen LogP contribution in [0.4, 0.5) is 14.7 Å². The molecule has 0 bridgehead atoms. The molecule has 0 atom stereocenters. The SMILES string of the molecule is O=[N+]([O-])c1ccc(CN2CCN(S(=O)(=O)c3ccc(F)c(F)c3)CC2)o1. The number of nitro groups is 1. The Balaban J connectivity index is 1.63. The van der Waals surface area contributed by atoms with E-state index in [1.807, 2.05) is 4.90 Å². The van der Waals surface area contributed by atoms with Gasteiger partial charge in [0.05, 0.1) is 17.5 Å². The van der Waals surface area contributed by atoms with Crippen molar-refractivity contribution in [2.45, 2.75) is 11.4 Å². The fourth-order valence-corrected chi connectivity index (χ4v) is 4.12. The van der Waals surface area contributed by atoms with E-state index in [4.69, 9.17) is 4.42 Å². The van der Waals surface area contributed by atoms with Crippen molar-refractivity contribution in [1.29, 1.82) is 0 Å². The van der Waals surface area contributed by atoms with E-state index in [-0.39, 0.29) is 23.9 Å². The van der Waals surface area contributed by atoms with Crippen LogP contribution in [0.1, 0.15) is 5.76 Å². The van der Waals surface area contributed by atoms with Crippen LogP contribution in [0.5, 0.6) is 0 Å². The molecule has 1 aromatic heterocycles. The number of rotatable bonds is 5. The van der Waals surface area contributed by atoms with Gasteiger partial charge in [0, 0.05) is 26.2 Å². The molecule has 0 N–H and O–H groups in total. The maximum absolute atomic E-state index is 13.3. The van der Waals surface area contributed by atoms with Gasteiger partial charge in [-0.25, -0.2) is 17.2 Å². The average Bonchev–Trinajstić information content (AvgIpc) is 3.06. The van der Waals surface area contributed by atoms with Crippen molar-refractivity contribution in [2.24, 2.45) is 0 Å². The van der Waals surface area contributed by atoms with Crippen LogP contribution in [0, 0.1) is 21.7 Å². The summed E-state index contributed by atoms with van der Waals surface area (Å²) in [5.74, 6) is -2.27. The monoisotopic (exact) mass is 387 g/mol. The van der Waals surface area contributed by atoms with E-state index in [9.17, 15) is 27.3 Å². The lowest BCUT2D eigenvalue weighted by molar-refractivity contribution is -0.402. The molecule has 2 aromatic rings. The Morgan fingerprint density at radius 2 is 1.77 bits per heavy atom. The number of benzene rings is 1. The van der Waals surface area contributed by atoms with Crippen LogP contribution in [0.3, 0.4) is 0 Å². The Morgan fingerprint density at radius 1 is 1.08 bits per heavy atom. The van der Waals surface area contributed by atoms with Gasteiger partial charge in [0.1, 0.15) is 10.7 Å². The minimum Gasteiger partial charge on any atom is -0.404 e. The highest BCUT2D eigenvalue weighted by molar-refractivity contribution is 7.89. The van der Waals surface area contributed by atoms with Crippen molar-refractivity contribution in [3.63, 3.8) is 0 Å². The first-order valence-electron chi connectivity index (χ1n) is 7.68. The van der Waals surface area contributed by atoms with Crippen LogP contribution in [0.25, 0.3) is 0 Å². The van der Waals surface area contributed by atoms with Crippen molar-refractivity contribution >= 4 is 15.9 Å². The van der Waals surface area contributed by atoms with Crippen LogP contribution < -0.4 is 0 Å². The molecule has 8 nitrogen and oxygen atoms in total. The summed E-state index contributed by atoms with van der Waals surface area (Å²) in [5, 5.41) is 10.6. The summed E-state index contributed by atoms with van der Waals surface area (Å²) >= 11 is 0. The highest BCUT2D eigenvalue weighted by atomic mass is 32.2. The zero-order valence-electron chi connectivity index (χ0n) is 13.5. The Kier molecular flexibility index (Phi) is 5.03. The lowest BCUT2D eigenvalue weighted by Crippen LogP contribution is -2.48. The second kappa shape index (κ2) is 7.09. The van der Waals surface area contributed by atoms with Gasteiger partial charge in [0.25, 0.3) is 0 Å². The zero-order valence-corrected chi connectivity index (χ0v) is 14.3. The third-order valence-electron chi connectivity index (χ3n) is 4.07. The Labute approximate surface area is 147 Å². The number of sulfonamides is 1. The molecule has 0 unspecified atom stereocenters. The van der Waals surface area contributed by atoms with Crippen molar-refractivity contribution < 1.29 is 26.5 Å². The summed E-state index contributed by atoms with van der Waals surface area (Å²) in [5.41, 5.74) is 0. The topological polar surface area (TPSA) is 96.9 Å². The molecule has 26 heavy (non-hydrogen) atoms. The summed E-state index contributed by atoms with van der Waals surface area (Å²) in [6, 6.07) is 5.24. The van der Waals surface area contributed by atoms with Gasteiger partial charge >= 0.3 is 5.88 Å². The van der Waals surface area contributed by atoms with Crippen molar-refractivity contribution in [3.05, 3.63) is 57.8 Å². The van der Waals surface area contributed by atoms with Gasteiger partial charge in [0.2, 0.25) is 10.0 Å². The lowest BCUT2D eigenvalue weighted by Gasteiger charge is -2.33. The molecule has 0 saturated carbocycles. The maximum Gasteiger partial charge on any atom is 0.433 e. The molecular formula is C15H15F2N3O5S. The van der Waals surface area contributed by atoms with Crippen LogP contribution in [-0.4, -0.2) is 48.7 Å². The lowest BCUT2D eigenvalue weighted by atomic mass is 10.3. The van der Waals surface area contributed by atoms with Crippen molar-refractivity contribution in [2.75, 3.05) is 26.2 Å². The largest absolute Gasteiger partial charge is 0.433 e. The van der Waals surface area contributed by atoms with E-state index in [0.717, 1.165) is 12.1 Å². The van der Waals surface area contributed by atoms with Crippen LogP contribution in [-0.2, 0) is 16.6 Å². The van der Waals surface area contributed by atoms with Gasteiger partial charge in [-0.15, -0.1) is 0 Å². The molecule has 1 fully saturated rings. The second-order valence-electron chi connectivity index (χ2n) is 5.75. The quantitative estimate of drug-likeness (QED) is 0.575. The van der Waals surface area contributed by atoms with Crippen molar-refractivity contribution in [3.8, 4) is 0 Å². The average molecular weight is 387 g/mol. The fourth-order valence-electron chi connectivity index (χ4n) is 2.68. The van der Waals surface area contributed by atoms with Gasteiger partial charge in [-0.3, -0.25) is 15.0 Å². The molecule has 11 heteroatoms. The van der Waals surface area contributed by atoms with Crippen molar-refractivity contribution in [1.82, 2.24) is 9.21 Å². The van der Waals surface area contributed by atoms with E-state index in [1.165, 1.54) is 16.4 Å². The molecule has 1 saturated heterocycles. The summed E-state index contributed by atoms with van der Waals surface area (Å²) in [6.45, 7) is 1.37. The normalized spacial score (nSPS) is 16.7. The van der Waals surface area contributed by atoms with Gasteiger partial charge in [-0.1, -0.05) is 0 Å². The number of furan rings is 1. The van der Waals surface area contributed by atoms with E-state index < -0.39 is 26.6 Å². The van der Waals surface area contributed by atoms with Crippen LogP contribution in [0.15, 0.2) is 39.6 Å². The molecule has 0 amide bonds. The number of halogens is 2. The summed E-state index contributed by atoms with van der Waals surface area (Å²) in [7, 11) is -3.92. The smallest absolute Gasteiger partial charge is 0.404 e. The van der Waals surface area contributed by atoms with Gasteiger partial charge < -0.3 is 4.42 Å². The molecule has 0 radical (unpaired) electrons. The minimum atomic E-state index is -3.92. The predicted octanol–water partition coefficient (Wildman–Crippen LogP) is 1.97. The van der Waals surface area contributed by atoms with Gasteiger partial charge in [0.15, 0.2) is 11.6 Å². The molecule has 0 aliphatic carbocycles. The molecule has 140 valence electrons. The van der Waals surface area contributed by atoms with Gasteiger partial charge in [-0.05, 0) is 24.3 Å². The standard InChI is InChI=1S/C15H15F2N3O5S/c16-13-3-2-12(9-14(13)17)26(23,24)19-7-5-18(6-8-19)10-11-1-4-15(25-11)20(21)22/h1-4,9H,5-8,10H2. The third-order valence-corrected chi connectivity index (χ3v) is 5.96. The minimum absolute atomic E-state index is 0.157. The Morgan fingerprint density at radius 3 is 2.35 bits per heavy atom. The van der Waals surface area contributed by atoms with Gasteiger partial charge in [-0.2, -0.15) is 4.31 Å². The number of hydrogen-bond donors (Lipinski definition) is 0. The van der Waals surface area contributed by atoms with E-state index in [2.05, 4.69) is 0 Å². The maximum atomic E-state index is 13.3. The van der Waals surface area contributed by atoms with Crippen LogP contribution >= 0.6 is 0 Å². The molecule has 1 aliphatic rings. The molecule has 1 aliphatic heterocycles. The molecule has 2 heterocycles. The fraction of sp³-hybridized carbons (Fsp3) is 0.333. The third kappa shape index (κ3) is 3.74. The van der Waals surface area contributed by atoms with E-state index >= 15 is 0 Å². The number of piperazine rings is 1. The molecule has 1 aromatic carbocycles. The predicted molar refractivity (Wildman–Crippen MR) is 85.8 cm³/mol. The zero-order chi connectivity index (χ0) is 18.9. The first kappa shape index (κ1) is 18.4. The highest BCUT2D eigenvalue weighted by Gasteiger charge is 2.29. The molecular weight excluding hydrogens is 372 g/mol. The first-order valence-corrected chi connectivity index (χ1v) is 9.12. The molecule has 3 rings (SSSR count). The van der Waals surface area contributed by atoms with E-state index in [1.54, 1.807) is 0 Å². The number of hydrogen-bond acceptors (Lipinski definition) is 6. The molecule has 0 spiro atoms. The Hall–Kier alpha value is -2.37.